The second-order valence-corrected chi connectivity index (χ2v) is 16.9. The van der Waals surface area contributed by atoms with E-state index in [0.29, 0.717) is 22.9 Å². The molecule has 2 heterocycles. The molecule has 4 aliphatic rings. The van der Waals surface area contributed by atoms with Crippen molar-refractivity contribution in [2.45, 2.75) is 102 Å². The molecule has 0 amide bonds. The molecule has 2 aromatic rings. The summed E-state index contributed by atoms with van der Waals surface area (Å²) in [6, 6.07) is 11.5. The Kier molecular flexibility index (Phi) is 14.6. The maximum atomic E-state index is 14.3. The molecule has 280 valence electrons. The molecule has 2 aliphatic carbocycles. The van der Waals surface area contributed by atoms with Gasteiger partial charge in [-0.2, -0.15) is 0 Å². The average Bonchev–Trinajstić information content (AvgIpc) is 3.38. The number of nitrogens with zero attached hydrogens (tertiary/aromatic N) is 4. The number of hydrogen-bond acceptors (Lipinski definition) is 6. The average molecular weight is 713 g/mol. The summed E-state index contributed by atoms with van der Waals surface area (Å²) >= 11 is 6.24. The van der Waals surface area contributed by atoms with Crippen LogP contribution >= 0.6 is 11.6 Å². The number of benzene rings is 2. The fraction of sp³-hybridized carbons (Fsp3) is 0.714. The molecule has 50 heavy (non-hydrogen) atoms. The molecule has 4 fully saturated rings. The first-order valence-electron chi connectivity index (χ1n) is 19.7. The lowest BCUT2D eigenvalue weighted by Crippen LogP contribution is -2.50. The second-order valence-electron chi connectivity index (χ2n) is 16.5. The van der Waals surface area contributed by atoms with Gasteiger partial charge >= 0.3 is 0 Å². The van der Waals surface area contributed by atoms with Gasteiger partial charge in [0.1, 0.15) is 5.82 Å². The molecule has 2 aliphatic heterocycles. The largest absolute Gasteiger partial charge is 0.389 e. The third kappa shape index (κ3) is 11.0. The second kappa shape index (κ2) is 18.4. The lowest BCUT2D eigenvalue weighted by Gasteiger charge is -2.41. The number of hydrogen-bond donors (Lipinski definition) is 2. The van der Waals surface area contributed by atoms with E-state index < -0.39 is 11.2 Å². The smallest absolute Gasteiger partial charge is 0.127 e. The minimum atomic E-state index is -0.869. The normalized spacial score (nSPS) is 29.5. The molecule has 2 saturated heterocycles. The molecule has 0 bridgehead atoms. The third-order valence-corrected chi connectivity index (χ3v) is 12.9. The molecule has 0 aromatic heterocycles. The standard InChI is InChI=1S/C22H36N2O.C20H30ClFN2O/c1-18-8-9-19(2)20(15-18)16-22(25)10-6-4-5-7-21(22)17-24-13-11-23(3)12-14-24;1-23-10-12-24(13-11-23)15-16-6-3-2-4-9-20(16,25)14-17-18(21)7-5-8-19(17)22/h8-9,15,21,25H,4-7,10-14,16-17H2,1-3H3;5,7-8,16,25H,2-4,6,9-15H2,1H3. The van der Waals surface area contributed by atoms with Crippen LogP contribution in [0.25, 0.3) is 0 Å². The van der Waals surface area contributed by atoms with Crippen LogP contribution in [0.5, 0.6) is 0 Å². The molecule has 2 aromatic carbocycles. The van der Waals surface area contributed by atoms with Crippen LogP contribution < -0.4 is 0 Å². The highest BCUT2D eigenvalue weighted by atomic mass is 35.5. The van der Waals surface area contributed by atoms with Crippen molar-refractivity contribution in [1.82, 2.24) is 19.6 Å². The number of aryl methyl sites for hydroxylation is 2. The maximum absolute atomic E-state index is 14.3. The highest BCUT2D eigenvalue weighted by Crippen LogP contribution is 2.39. The Morgan fingerprint density at radius 2 is 1.22 bits per heavy atom. The molecule has 0 spiro atoms. The third-order valence-electron chi connectivity index (χ3n) is 12.5. The first-order chi connectivity index (χ1) is 23.9. The summed E-state index contributed by atoms with van der Waals surface area (Å²) in [5.74, 6) is 0.274. The predicted molar refractivity (Wildman–Crippen MR) is 206 cm³/mol. The van der Waals surface area contributed by atoms with Crippen LogP contribution in [-0.2, 0) is 12.8 Å². The van der Waals surface area contributed by atoms with E-state index in [9.17, 15) is 14.6 Å². The summed E-state index contributed by atoms with van der Waals surface area (Å²) in [6.07, 6.45) is 12.0. The molecule has 4 atom stereocenters. The summed E-state index contributed by atoms with van der Waals surface area (Å²) < 4.78 is 14.3. The van der Waals surface area contributed by atoms with Crippen molar-refractivity contribution >= 4 is 11.6 Å². The van der Waals surface area contributed by atoms with E-state index in [-0.39, 0.29) is 11.7 Å². The summed E-state index contributed by atoms with van der Waals surface area (Å²) in [5.41, 5.74) is 3.02. The number of piperazine rings is 2. The van der Waals surface area contributed by atoms with Crippen molar-refractivity contribution in [3.63, 3.8) is 0 Å². The highest BCUT2D eigenvalue weighted by Gasteiger charge is 2.41. The zero-order valence-corrected chi connectivity index (χ0v) is 32.4. The van der Waals surface area contributed by atoms with Gasteiger partial charge < -0.3 is 29.8 Å². The number of halogens is 2. The Labute approximate surface area is 308 Å². The Morgan fingerprint density at radius 3 is 1.74 bits per heavy atom. The molecular formula is C42H66ClFN4O2. The molecule has 2 N–H and O–H groups in total. The molecular weight excluding hydrogens is 647 g/mol. The van der Waals surface area contributed by atoms with Gasteiger partial charge in [0.25, 0.3) is 0 Å². The molecule has 0 radical (unpaired) electrons. The van der Waals surface area contributed by atoms with Gasteiger partial charge in [-0.3, -0.25) is 0 Å². The van der Waals surface area contributed by atoms with Crippen molar-refractivity contribution in [3.8, 4) is 0 Å². The molecule has 4 unspecified atom stereocenters. The van der Waals surface area contributed by atoms with Gasteiger partial charge in [-0.25, -0.2) is 4.39 Å². The van der Waals surface area contributed by atoms with Gasteiger partial charge in [0, 0.05) is 101 Å². The zero-order valence-electron chi connectivity index (χ0n) is 31.6. The Morgan fingerprint density at radius 1 is 0.700 bits per heavy atom. The van der Waals surface area contributed by atoms with E-state index in [0.717, 1.165) is 110 Å². The number of likely N-dealkylation sites (N-methyl/N-ethyl adjacent to an activating group) is 2. The highest BCUT2D eigenvalue weighted by molar-refractivity contribution is 6.31. The summed E-state index contributed by atoms with van der Waals surface area (Å²) in [4.78, 5) is 9.80. The van der Waals surface area contributed by atoms with Gasteiger partial charge in [0.2, 0.25) is 0 Å². The first kappa shape index (κ1) is 39.6. The predicted octanol–water partition coefficient (Wildman–Crippen LogP) is 6.99. The summed E-state index contributed by atoms with van der Waals surface area (Å²) in [6.45, 7) is 15.1. The molecule has 6 rings (SSSR count). The van der Waals surface area contributed by atoms with Crippen molar-refractivity contribution in [2.75, 3.05) is 79.5 Å². The molecule has 6 nitrogen and oxygen atoms in total. The van der Waals surface area contributed by atoms with Gasteiger partial charge in [0.15, 0.2) is 0 Å². The van der Waals surface area contributed by atoms with Crippen molar-refractivity contribution < 1.29 is 14.6 Å². The van der Waals surface area contributed by atoms with Crippen LogP contribution in [0.15, 0.2) is 36.4 Å². The SMILES string of the molecule is CN1CCN(CC2CCCCCC2(O)Cc2c(F)cccc2Cl)CC1.Cc1ccc(C)c(CC2(O)CCCCCC2CN2CCN(C)CC2)c1. The van der Waals surface area contributed by atoms with Gasteiger partial charge in [-0.05, 0) is 76.9 Å². The van der Waals surface area contributed by atoms with Crippen LogP contribution in [-0.4, -0.2) is 121 Å². The fourth-order valence-corrected chi connectivity index (χ4v) is 9.17. The molecule has 8 heteroatoms. The van der Waals surface area contributed by atoms with Gasteiger partial charge in [0.05, 0.1) is 11.2 Å². The van der Waals surface area contributed by atoms with E-state index in [2.05, 4.69) is 65.7 Å². The van der Waals surface area contributed by atoms with E-state index in [1.165, 1.54) is 48.4 Å². The van der Waals surface area contributed by atoms with Crippen molar-refractivity contribution in [2.24, 2.45) is 11.8 Å². The van der Waals surface area contributed by atoms with E-state index in [4.69, 9.17) is 11.6 Å². The fourth-order valence-electron chi connectivity index (χ4n) is 8.94. The first-order valence-corrected chi connectivity index (χ1v) is 20.1. The Hall–Kier alpha value is -1.58. The summed E-state index contributed by atoms with van der Waals surface area (Å²) in [5, 5.41) is 23.7. The van der Waals surface area contributed by atoms with E-state index >= 15 is 0 Å². The topological polar surface area (TPSA) is 53.4 Å². The van der Waals surface area contributed by atoms with Crippen LogP contribution in [0.1, 0.15) is 86.5 Å². The maximum Gasteiger partial charge on any atom is 0.127 e. The van der Waals surface area contributed by atoms with Crippen LogP contribution in [0.2, 0.25) is 5.02 Å². The number of aliphatic hydroxyl groups is 2. The minimum Gasteiger partial charge on any atom is -0.389 e. The van der Waals surface area contributed by atoms with Crippen LogP contribution in [0, 0.1) is 31.5 Å². The lowest BCUT2D eigenvalue weighted by molar-refractivity contribution is -0.0412. The zero-order chi connectivity index (χ0) is 35.7. The Balaban J connectivity index is 0.000000194. The van der Waals surface area contributed by atoms with Crippen molar-refractivity contribution in [3.05, 3.63) is 69.5 Å². The monoisotopic (exact) mass is 712 g/mol. The summed E-state index contributed by atoms with van der Waals surface area (Å²) in [7, 11) is 4.36. The number of rotatable bonds is 8. The van der Waals surface area contributed by atoms with E-state index in [1.54, 1.807) is 12.1 Å². The van der Waals surface area contributed by atoms with Crippen LogP contribution in [0.4, 0.5) is 4.39 Å². The van der Waals surface area contributed by atoms with Gasteiger partial charge in [-0.1, -0.05) is 80.0 Å². The van der Waals surface area contributed by atoms with E-state index in [1.807, 2.05) is 0 Å². The van der Waals surface area contributed by atoms with Gasteiger partial charge in [-0.15, -0.1) is 0 Å². The van der Waals surface area contributed by atoms with Crippen LogP contribution in [0.3, 0.4) is 0 Å². The minimum absolute atomic E-state index is 0.175. The Bertz CT molecular complexity index is 1330. The quantitative estimate of drug-likeness (QED) is 0.288. The lowest BCUT2D eigenvalue weighted by atomic mass is 9.77. The van der Waals surface area contributed by atoms with Crippen molar-refractivity contribution in [1.29, 1.82) is 0 Å². The molecule has 2 saturated carbocycles.